The summed E-state index contributed by atoms with van der Waals surface area (Å²) in [6.07, 6.45) is 3.81. The summed E-state index contributed by atoms with van der Waals surface area (Å²) in [6.45, 7) is 5.19. The van der Waals surface area contributed by atoms with Gasteiger partial charge in [0.1, 0.15) is 0 Å². The Kier molecular flexibility index (Phi) is 4.92. The number of piperazine rings is 1. The van der Waals surface area contributed by atoms with Gasteiger partial charge in [-0.25, -0.2) is 0 Å². The first-order chi connectivity index (χ1) is 13.4. The third-order valence-corrected chi connectivity index (χ3v) is 5.69. The lowest BCUT2D eigenvalue weighted by Gasteiger charge is -2.34. The summed E-state index contributed by atoms with van der Waals surface area (Å²) in [4.78, 5) is 31.0. The molecular formula is C19H26N6O3. The number of hydrogen-bond acceptors (Lipinski definition) is 6. The first kappa shape index (κ1) is 18.7. The number of aromatic nitrogens is 3. The molecule has 0 radical (unpaired) electrons. The van der Waals surface area contributed by atoms with Crippen LogP contribution in [0.2, 0.25) is 0 Å². The lowest BCUT2D eigenvalue weighted by molar-refractivity contribution is -0.146. The van der Waals surface area contributed by atoms with Gasteiger partial charge in [-0.05, 0) is 12.5 Å². The highest BCUT2D eigenvalue weighted by Crippen LogP contribution is 2.35. The average Bonchev–Trinajstić information content (AvgIpc) is 3.37. The molecule has 0 N–H and O–H groups in total. The van der Waals surface area contributed by atoms with E-state index in [2.05, 4.69) is 15.2 Å². The molecule has 4 heterocycles. The minimum atomic E-state index is -0.204. The number of nitrogens with zero attached hydrogens (tertiary/aromatic N) is 6. The molecule has 2 aromatic rings. The summed E-state index contributed by atoms with van der Waals surface area (Å²) < 4.78 is 7.12. The van der Waals surface area contributed by atoms with Crippen molar-refractivity contribution in [2.75, 3.05) is 39.8 Å². The van der Waals surface area contributed by atoms with E-state index < -0.39 is 0 Å². The maximum Gasteiger partial charge on any atom is 0.241 e. The van der Waals surface area contributed by atoms with Crippen molar-refractivity contribution in [3.8, 4) is 0 Å². The van der Waals surface area contributed by atoms with E-state index >= 15 is 0 Å². The van der Waals surface area contributed by atoms with Gasteiger partial charge in [0, 0.05) is 58.5 Å². The molecule has 2 saturated heterocycles. The van der Waals surface area contributed by atoms with Crippen LogP contribution in [-0.2, 0) is 23.2 Å². The van der Waals surface area contributed by atoms with E-state index in [0.717, 1.165) is 23.6 Å². The number of aryl methyl sites for hydroxylation is 2. The lowest BCUT2D eigenvalue weighted by Crippen LogP contribution is -2.52. The molecule has 0 bridgehead atoms. The average molecular weight is 386 g/mol. The Morgan fingerprint density at radius 1 is 1.29 bits per heavy atom. The highest BCUT2D eigenvalue weighted by Gasteiger charge is 2.42. The van der Waals surface area contributed by atoms with Crippen LogP contribution in [0.3, 0.4) is 0 Å². The lowest BCUT2D eigenvalue weighted by atomic mass is 9.89. The van der Waals surface area contributed by atoms with Gasteiger partial charge in [-0.15, -0.1) is 0 Å². The second-order valence-electron chi connectivity index (χ2n) is 7.86. The number of hydrogen-bond donors (Lipinski definition) is 0. The summed E-state index contributed by atoms with van der Waals surface area (Å²) in [5.74, 6) is 0.672. The van der Waals surface area contributed by atoms with Gasteiger partial charge < -0.3 is 14.3 Å². The molecule has 0 saturated carbocycles. The molecule has 28 heavy (non-hydrogen) atoms. The minimum Gasteiger partial charge on any atom is -0.360 e. The van der Waals surface area contributed by atoms with Gasteiger partial charge in [-0.3, -0.25) is 19.2 Å². The predicted octanol–water partition coefficient (Wildman–Crippen LogP) is 0.233. The zero-order chi connectivity index (χ0) is 19.8. The molecule has 2 amide bonds. The van der Waals surface area contributed by atoms with Crippen molar-refractivity contribution in [1.29, 1.82) is 0 Å². The molecule has 150 valence electrons. The van der Waals surface area contributed by atoms with Crippen molar-refractivity contribution in [3.05, 3.63) is 35.5 Å². The fourth-order valence-corrected chi connectivity index (χ4v) is 4.13. The third-order valence-electron chi connectivity index (χ3n) is 5.69. The van der Waals surface area contributed by atoms with Crippen molar-refractivity contribution < 1.29 is 14.1 Å². The zero-order valence-electron chi connectivity index (χ0n) is 16.5. The fraction of sp³-hybridized carbons (Fsp3) is 0.579. The van der Waals surface area contributed by atoms with E-state index in [9.17, 15) is 9.59 Å². The van der Waals surface area contributed by atoms with Crippen LogP contribution >= 0.6 is 0 Å². The van der Waals surface area contributed by atoms with Crippen LogP contribution in [0.1, 0.15) is 22.9 Å². The molecule has 2 aliphatic heterocycles. The van der Waals surface area contributed by atoms with E-state index in [1.807, 2.05) is 32.4 Å². The highest BCUT2D eigenvalue weighted by atomic mass is 16.5. The number of carbonyl (C=O) groups excluding carboxylic acids is 2. The molecule has 2 aromatic heterocycles. The number of likely N-dealkylation sites (N-methyl/N-ethyl adjacent to an activating group) is 1. The SMILES string of the molecule is Cc1cc(CN2C[C@@H](C(=O)N3CCN(C)C(=O)C3)[C@H](c3cnn(C)c3)C2)on1. The van der Waals surface area contributed by atoms with Gasteiger partial charge in [0.2, 0.25) is 11.8 Å². The van der Waals surface area contributed by atoms with Crippen LogP contribution in [0.5, 0.6) is 0 Å². The Hall–Kier alpha value is -2.68. The molecule has 2 atom stereocenters. The predicted molar refractivity (Wildman–Crippen MR) is 100 cm³/mol. The zero-order valence-corrected chi connectivity index (χ0v) is 16.5. The van der Waals surface area contributed by atoms with E-state index in [0.29, 0.717) is 26.2 Å². The maximum absolute atomic E-state index is 13.3. The molecule has 0 spiro atoms. The number of amides is 2. The Morgan fingerprint density at radius 3 is 2.75 bits per heavy atom. The van der Waals surface area contributed by atoms with Gasteiger partial charge in [0.15, 0.2) is 5.76 Å². The van der Waals surface area contributed by atoms with Crippen molar-refractivity contribution in [3.63, 3.8) is 0 Å². The topological polar surface area (TPSA) is 87.7 Å². The quantitative estimate of drug-likeness (QED) is 0.748. The first-order valence-corrected chi connectivity index (χ1v) is 9.56. The van der Waals surface area contributed by atoms with E-state index in [-0.39, 0.29) is 30.2 Å². The van der Waals surface area contributed by atoms with Gasteiger partial charge in [-0.2, -0.15) is 5.10 Å². The number of likely N-dealkylation sites (tertiary alicyclic amines) is 1. The summed E-state index contributed by atoms with van der Waals surface area (Å²) >= 11 is 0. The van der Waals surface area contributed by atoms with Crippen LogP contribution < -0.4 is 0 Å². The molecule has 0 aromatic carbocycles. The summed E-state index contributed by atoms with van der Waals surface area (Å²) in [5, 5.41) is 8.24. The van der Waals surface area contributed by atoms with Crippen LogP contribution in [-0.4, -0.2) is 81.2 Å². The molecular weight excluding hydrogens is 360 g/mol. The van der Waals surface area contributed by atoms with E-state index in [1.165, 1.54) is 0 Å². The number of rotatable bonds is 4. The smallest absolute Gasteiger partial charge is 0.241 e. The fourth-order valence-electron chi connectivity index (χ4n) is 4.13. The summed E-state index contributed by atoms with van der Waals surface area (Å²) in [6, 6.07) is 1.92. The molecule has 4 rings (SSSR count). The molecule has 0 unspecified atom stereocenters. The van der Waals surface area contributed by atoms with Crippen molar-refractivity contribution in [2.45, 2.75) is 19.4 Å². The van der Waals surface area contributed by atoms with Crippen molar-refractivity contribution in [2.24, 2.45) is 13.0 Å². The standard InChI is InChI=1S/C19H26N6O3/c1-13-6-15(28-21-13)9-24-10-16(14-7-20-23(3)8-14)17(11-24)19(27)25-5-4-22(2)18(26)12-25/h6-8,16-17H,4-5,9-12H2,1-3H3/t16-,17+/m0/s1. The molecule has 9 nitrogen and oxygen atoms in total. The second-order valence-corrected chi connectivity index (χ2v) is 7.86. The van der Waals surface area contributed by atoms with Gasteiger partial charge in [0.25, 0.3) is 0 Å². The Balaban J connectivity index is 1.53. The second kappa shape index (κ2) is 7.38. The largest absolute Gasteiger partial charge is 0.360 e. The maximum atomic E-state index is 13.3. The molecule has 0 aliphatic carbocycles. The third kappa shape index (κ3) is 3.66. The normalized spacial score (nSPS) is 23.6. The van der Waals surface area contributed by atoms with E-state index in [1.54, 1.807) is 21.5 Å². The van der Waals surface area contributed by atoms with E-state index in [4.69, 9.17) is 4.52 Å². The Labute approximate surface area is 163 Å². The van der Waals surface area contributed by atoms with Crippen LogP contribution in [0.25, 0.3) is 0 Å². The summed E-state index contributed by atoms with van der Waals surface area (Å²) in [5.41, 5.74) is 1.90. The van der Waals surface area contributed by atoms with Gasteiger partial charge >= 0.3 is 0 Å². The monoisotopic (exact) mass is 386 g/mol. The molecule has 9 heteroatoms. The highest BCUT2D eigenvalue weighted by molar-refractivity contribution is 5.87. The summed E-state index contributed by atoms with van der Waals surface area (Å²) in [7, 11) is 3.66. The Bertz CT molecular complexity index is 875. The minimum absolute atomic E-state index is 0.00971. The molecule has 2 fully saturated rings. The number of carbonyl (C=O) groups is 2. The first-order valence-electron chi connectivity index (χ1n) is 9.56. The van der Waals surface area contributed by atoms with Gasteiger partial charge in [-0.1, -0.05) is 5.16 Å². The van der Waals surface area contributed by atoms with Crippen LogP contribution in [0.15, 0.2) is 23.0 Å². The van der Waals surface area contributed by atoms with Crippen molar-refractivity contribution in [1.82, 2.24) is 29.6 Å². The van der Waals surface area contributed by atoms with Gasteiger partial charge in [0.05, 0.1) is 30.9 Å². The van der Waals surface area contributed by atoms with Crippen LogP contribution in [0.4, 0.5) is 0 Å². The van der Waals surface area contributed by atoms with Crippen molar-refractivity contribution >= 4 is 11.8 Å². The Morgan fingerprint density at radius 2 is 2.11 bits per heavy atom. The molecule has 2 aliphatic rings. The van der Waals surface area contributed by atoms with Crippen LogP contribution in [0, 0.1) is 12.8 Å².